The molecule has 0 aliphatic carbocycles. The standard InChI is InChI=1S/C29H32N4O6/c1-19-7-5-10-24(20(19)2)32-27(34)18-39-23-9-6-8-22(15-23)17-31-33-29(36)28(35)30-14-13-21-11-12-25(37-3)26(16-21)38-4/h5-12,15-17H,13-14,18H2,1-4H3,(H,30,35)(H,32,34)(H,33,36)/b31-17-. The van der Waals surface area contributed by atoms with Crippen molar-refractivity contribution in [3.8, 4) is 17.2 Å². The quantitative estimate of drug-likeness (QED) is 0.198. The fourth-order valence-corrected chi connectivity index (χ4v) is 3.56. The minimum Gasteiger partial charge on any atom is -0.493 e. The molecule has 10 heteroatoms. The highest BCUT2D eigenvalue weighted by Gasteiger charge is 2.12. The predicted molar refractivity (Wildman–Crippen MR) is 148 cm³/mol. The Labute approximate surface area is 227 Å². The summed E-state index contributed by atoms with van der Waals surface area (Å²) in [6, 6.07) is 18.0. The molecule has 39 heavy (non-hydrogen) atoms. The molecule has 0 saturated carbocycles. The SMILES string of the molecule is COc1ccc(CCNC(=O)C(=O)N/N=C\c2cccc(OCC(=O)Nc3cccc(C)c3C)c2)cc1OC. The van der Waals surface area contributed by atoms with Crippen LogP contribution in [-0.2, 0) is 20.8 Å². The first-order valence-corrected chi connectivity index (χ1v) is 12.2. The second-order valence-electron chi connectivity index (χ2n) is 8.55. The number of anilines is 1. The van der Waals surface area contributed by atoms with Crippen molar-refractivity contribution in [1.29, 1.82) is 0 Å². The molecule has 3 rings (SSSR count). The number of carbonyl (C=O) groups excluding carboxylic acids is 3. The van der Waals surface area contributed by atoms with Gasteiger partial charge in [-0.2, -0.15) is 5.10 Å². The van der Waals surface area contributed by atoms with Crippen LogP contribution in [0, 0.1) is 13.8 Å². The van der Waals surface area contributed by atoms with Crippen molar-refractivity contribution in [1.82, 2.24) is 10.7 Å². The van der Waals surface area contributed by atoms with E-state index in [9.17, 15) is 14.4 Å². The number of hydrazone groups is 1. The van der Waals surface area contributed by atoms with E-state index in [2.05, 4.69) is 21.2 Å². The molecular formula is C29H32N4O6. The first-order chi connectivity index (χ1) is 18.8. The van der Waals surface area contributed by atoms with Crippen LogP contribution in [0.1, 0.15) is 22.3 Å². The van der Waals surface area contributed by atoms with E-state index in [1.807, 2.05) is 44.2 Å². The maximum Gasteiger partial charge on any atom is 0.329 e. The van der Waals surface area contributed by atoms with E-state index in [-0.39, 0.29) is 19.1 Å². The lowest BCUT2D eigenvalue weighted by Gasteiger charge is -2.11. The largest absolute Gasteiger partial charge is 0.493 e. The Kier molecular flexibility index (Phi) is 10.4. The van der Waals surface area contributed by atoms with Crippen molar-refractivity contribution < 1.29 is 28.6 Å². The Hall–Kier alpha value is -4.86. The Balaban J connectivity index is 1.43. The number of benzene rings is 3. The van der Waals surface area contributed by atoms with Gasteiger partial charge >= 0.3 is 11.8 Å². The Morgan fingerprint density at radius 3 is 2.44 bits per heavy atom. The van der Waals surface area contributed by atoms with Crippen molar-refractivity contribution >= 4 is 29.6 Å². The number of rotatable bonds is 11. The van der Waals surface area contributed by atoms with Crippen LogP contribution in [0.15, 0.2) is 65.8 Å². The molecule has 0 spiro atoms. The maximum atomic E-state index is 12.3. The van der Waals surface area contributed by atoms with E-state index in [0.29, 0.717) is 29.2 Å². The van der Waals surface area contributed by atoms with Crippen LogP contribution in [0.5, 0.6) is 17.2 Å². The smallest absolute Gasteiger partial charge is 0.329 e. The van der Waals surface area contributed by atoms with E-state index in [1.54, 1.807) is 44.6 Å². The number of ether oxygens (including phenoxy) is 3. The van der Waals surface area contributed by atoms with Gasteiger partial charge in [0.05, 0.1) is 20.4 Å². The lowest BCUT2D eigenvalue weighted by atomic mass is 10.1. The summed E-state index contributed by atoms with van der Waals surface area (Å²) in [4.78, 5) is 36.4. The molecule has 0 unspecified atom stereocenters. The zero-order valence-corrected chi connectivity index (χ0v) is 22.4. The van der Waals surface area contributed by atoms with E-state index in [1.165, 1.54) is 6.21 Å². The van der Waals surface area contributed by atoms with Gasteiger partial charge in [-0.15, -0.1) is 0 Å². The Morgan fingerprint density at radius 1 is 0.897 bits per heavy atom. The van der Waals surface area contributed by atoms with Gasteiger partial charge in [0.25, 0.3) is 5.91 Å². The first kappa shape index (κ1) is 28.7. The van der Waals surface area contributed by atoms with Gasteiger partial charge in [0, 0.05) is 12.2 Å². The lowest BCUT2D eigenvalue weighted by molar-refractivity contribution is -0.139. The normalized spacial score (nSPS) is 10.6. The molecule has 0 atom stereocenters. The van der Waals surface area contributed by atoms with Gasteiger partial charge in [0.15, 0.2) is 18.1 Å². The number of hydrogen-bond acceptors (Lipinski definition) is 7. The molecule has 0 aliphatic rings. The van der Waals surface area contributed by atoms with Gasteiger partial charge in [-0.25, -0.2) is 5.43 Å². The fourth-order valence-electron chi connectivity index (χ4n) is 3.56. The second kappa shape index (κ2) is 14.2. The zero-order valence-electron chi connectivity index (χ0n) is 22.4. The number of aryl methyl sites for hydroxylation is 1. The molecule has 0 radical (unpaired) electrons. The molecule has 0 fully saturated rings. The number of nitrogens with zero attached hydrogens (tertiary/aromatic N) is 1. The summed E-state index contributed by atoms with van der Waals surface area (Å²) in [6.45, 7) is 4.00. The molecule has 0 bridgehead atoms. The summed E-state index contributed by atoms with van der Waals surface area (Å²) in [5, 5.41) is 9.22. The predicted octanol–water partition coefficient (Wildman–Crippen LogP) is 3.15. The van der Waals surface area contributed by atoms with Gasteiger partial charge in [0.2, 0.25) is 0 Å². The highest BCUT2D eigenvalue weighted by Crippen LogP contribution is 2.27. The summed E-state index contributed by atoms with van der Waals surface area (Å²) in [6.07, 6.45) is 1.87. The second-order valence-corrected chi connectivity index (χ2v) is 8.55. The monoisotopic (exact) mass is 532 g/mol. The third-order valence-electron chi connectivity index (χ3n) is 5.84. The van der Waals surface area contributed by atoms with E-state index >= 15 is 0 Å². The molecule has 10 nitrogen and oxygen atoms in total. The van der Waals surface area contributed by atoms with Crippen molar-refractivity contribution in [2.75, 3.05) is 32.7 Å². The lowest BCUT2D eigenvalue weighted by Crippen LogP contribution is -2.38. The summed E-state index contributed by atoms with van der Waals surface area (Å²) in [5.74, 6) is -0.336. The summed E-state index contributed by atoms with van der Waals surface area (Å²) in [5.41, 5.74) is 6.54. The number of hydrogen-bond donors (Lipinski definition) is 3. The molecule has 0 heterocycles. The zero-order chi connectivity index (χ0) is 28.2. The van der Waals surface area contributed by atoms with E-state index in [4.69, 9.17) is 14.2 Å². The highest BCUT2D eigenvalue weighted by atomic mass is 16.5. The summed E-state index contributed by atoms with van der Waals surface area (Å²) in [7, 11) is 3.10. The molecule has 3 aromatic carbocycles. The van der Waals surface area contributed by atoms with Gasteiger partial charge in [-0.3, -0.25) is 14.4 Å². The first-order valence-electron chi connectivity index (χ1n) is 12.2. The van der Waals surface area contributed by atoms with Crippen LogP contribution in [0.3, 0.4) is 0 Å². The molecular weight excluding hydrogens is 500 g/mol. The van der Waals surface area contributed by atoms with Crippen LogP contribution >= 0.6 is 0 Å². The highest BCUT2D eigenvalue weighted by molar-refractivity contribution is 6.35. The minimum absolute atomic E-state index is 0.172. The average molecular weight is 533 g/mol. The van der Waals surface area contributed by atoms with Crippen molar-refractivity contribution in [3.63, 3.8) is 0 Å². The van der Waals surface area contributed by atoms with Crippen molar-refractivity contribution in [2.45, 2.75) is 20.3 Å². The van der Waals surface area contributed by atoms with Crippen LogP contribution in [-0.4, -0.2) is 51.3 Å². The molecule has 0 saturated heterocycles. The third kappa shape index (κ3) is 8.60. The van der Waals surface area contributed by atoms with Crippen LogP contribution in [0.2, 0.25) is 0 Å². The molecule has 3 N–H and O–H groups in total. The number of nitrogens with one attached hydrogen (secondary N) is 3. The maximum absolute atomic E-state index is 12.3. The van der Waals surface area contributed by atoms with Gasteiger partial charge in [0.1, 0.15) is 5.75 Å². The van der Waals surface area contributed by atoms with Crippen LogP contribution in [0.25, 0.3) is 0 Å². The third-order valence-corrected chi connectivity index (χ3v) is 5.84. The fraction of sp³-hybridized carbons (Fsp3) is 0.241. The number of methoxy groups -OCH3 is 2. The molecule has 3 aromatic rings. The molecule has 204 valence electrons. The minimum atomic E-state index is -0.894. The van der Waals surface area contributed by atoms with Gasteiger partial charge in [-0.05, 0) is 72.9 Å². The van der Waals surface area contributed by atoms with Crippen LogP contribution < -0.4 is 30.3 Å². The molecule has 3 amide bonds. The van der Waals surface area contributed by atoms with Crippen LogP contribution in [0.4, 0.5) is 5.69 Å². The van der Waals surface area contributed by atoms with Gasteiger partial charge < -0.3 is 24.8 Å². The molecule has 0 aromatic heterocycles. The van der Waals surface area contributed by atoms with Gasteiger partial charge in [-0.1, -0.05) is 30.3 Å². The van der Waals surface area contributed by atoms with E-state index in [0.717, 1.165) is 22.4 Å². The van der Waals surface area contributed by atoms with Crippen molar-refractivity contribution in [2.24, 2.45) is 5.10 Å². The molecule has 0 aliphatic heterocycles. The van der Waals surface area contributed by atoms with Crippen molar-refractivity contribution in [3.05, 3.63) is 82.9 Å². The Bertz CT molecular complexity index is 1360. The number of amides is 3. The number of carbonyl (C=O) groups is 3. The summed E-state index contributed by atoms with van der Waals surface area (Å²) < 4.78 is 16.1. The average Bonchev–Trinajstić information content (AvgIpc) is 2.94. The Morgan fingerprint density at radius 2 is 1.67 bits per heavy atom. The summed E-state index contributed by atoms with van der Waals surface area (Å²) >= 11 is 0. The topological polar surface area (TPSA) is 127 Å². The van der Waals surface area contributed by atoms with E-state index < -0.39 is 11.8 Å².